The fourth-order valence-corrected chi connectivity index (χ4v) is 3.76. The topological polar surface area (TPSA) is 15.3 Å². The van der Waals surface area contributed by atoms with Gasteiger partial charge in [0, 0.05) is 13.1 Å². The van der Waals surface area contributed by atoms with Gasteiger partial charge in [0.15, 0.2) is 0 Å². The number of hydrogen-bond donors (Lipinski definition) is 1. The molecule has 2 heteroatoms. The number of nitrogens with zero attached hydrogens (tertiary/aromatic N) is 1. The third-order valence-electron chi connectivity index (χ3n) is 4.93. The Labute approximate surface area is 117 Å². The van der Waals surface area contributed by atoms with Gasteiger partial charge in [0.2, 0.25) is 0 Å². The quantitative estimate of drug-likeness (QED) is 0.877. The largest absolute Gasteiger partial charge is 0.317 e. The fraction of sp³-hybridized carbons (Fsp3) is 0.647. The molecule has 0 radical (unpaired) electrons. The summed E-state index contributed by atoms with van der Waals surface area (Å²) in [6.07, 6.45) is 5.57. The van der Waals surface area contributed by atoms with Gasteiger partial charge in [-0.25, -0.2) is 0 Å². The average Bonchev–Trinajstić information content (AvgIpc) is 2.42. The van der Waals surface area contributed by atoms with Gasteiger partial charge in [-0.3, -0.25) is 4.90 Å². The summed E-state index contributed by atoms with van der Waals surface area (Å²) in [7, 11) is 0. The van der Waals surface area contributed by atoms with E-state index in [2.05, 4.69) is 41.4 Å². The molecule has 1 aromatic rings. The minimum absolute atomic E-state index is 0.619. The van der Waals surface area contributed by atoms with E-state index in [1.807, 2.05) is 0 Å². The van der Waals surface area contributed by atoms with Crippen LogP contribution in [-0.4, -0.2) is 31.1 Å². The molecule has 1 N–H and O–H groups in total. The third kappa shape index (κ3) is 3.18. The van der Waals surface area contributed by atoms with Gasteiger partial charge >= 0.3 is 0 Å². The minimum atomic E-state index is 0.619. The van der Waals surface area contributed by atoms with E-state index in [0.717, 1.165) is 6.54 Å². The molecule has 2 saturated heterocycles. The normalized spacial score (nSPS) is 23.6. The van der Waals surface area contributed by atoms with Gasteiger partial charge in [0.05, 0.1) is 0 Å². The molecule has 0 amide bonds. The van der Waals surface area contributed by atoms with Crippen LogP contribution < -0.4 is 5.32 Å². The molecular weight excluding hydrogens is 232 g/mol. The van der Waals surface area contributed by atoms with Crippen molar-refractivity contribution >= 4 is 0 Å². The Bertz CT molecular complexity index is 398. The minimum Gasteiger partial charge on any atom is -0.317 e. The van der Waals surface area contributed by atoms with E-state index in [0.29, 0.717) is 5.41 Å². The average molecular weight is 258 g/mol. The Hall–Kier alpha value is -0.860. The highest BCUT2D eigenvalue weighted by Crippen LogP contribution is 2.38. The van der Waals surface area contributed by atoms with Crippen molar-refractivity contribution in [2.45, 2.75) is 39.2 Å². The van der Waals surface area contributed by atoms with Crippen molar-refractivity contribution in [2.24, 2.45) is 5.41 Å². The van der Waals surface area contributed by atoms with Gasteiger partial charge in [-0.05, 0) is 63.2 Å². The first-order valence-electron chi connectivity index (χ1n) is 7.74. The monoisotopic (exact) mass is 258 g/mol. The van der Waals surface area contributed by atoms with Crippen LogP contribution >= 0.6 is 0 Å². The zero-order valence-electron chi connectivity index (χ0n) is 12.1. The Balaban J connectivity index is 1.63. The Morgan fingerprint density at radius 3 is 2.58 bits per heavy atom. The highest BCUT2D eigenvalue weighted by molar-refractivity contribution is 5.21. The second kappa shape index (κ2) is 5.64. The molecule has 2 nitrogen and oxygen atoms in total. The number of benzene rings is 1. The highest BCUT2D eigenvalue weighted by atomic mass is 15.1. The van der Waals surface area contributed by atoms with Crippen LogP contribution in [-0.2, 0) is 6.54 Å². The van der Waals surface area contributed by atoms with E-state index in [1.165, 1.54) is 63.0 Å². The van der Waals surface area contributed by atoms with Crippen LogP contribution in [0.3, 0.4) is 0 Å². The van der Waals surface area contributed by atoms with Crippen molar-refractivity contribution < 1.29 is 0 Å². The van der Waals surface area contributed by atoms with Crippen LogP contribution in [0.1, 0.15) is 36.8 Å². The van der Waals surface area contributed by atoms with Crippen molar-refractivity contribution in [1.82, 2.24) is 10.2 Å². The molecule has 3 rings (SSSR count). The van der Waals surface area contributed by atoms with Gasteiger partial charge in [-0.2, -0.15) is 0 Å². The van der Waals surface area contributed by atoms with Crippen LogP contribution in [0.4, 0.5) is 0 Å². The van der Waals surface area contributed by atoms with Crippen LogP contribution in [0.2, 0.25) is 0 Å². The van der Waals surface area contributed by atoms with Crippen LogP contribution in [0, 0.1) is 12.3 Å². The summed E-state index contributed by atoms with van der Waals surface area (Å²) in [4.78, 5) is 2.68. The maximum atomic E-state index is 3.51. The standard InChI is InChI=1S/C17H26N2/c1-15-3-5-16(6-4-15)13-19-12-2-7-17(14-19)8-10-18-11-9-17/h3-6,18H,2,7-14H2,1H3. The lowest BCUT2D eigenvalue weighted by molar-refractivity contribution is 0.0551. The van der Waals surface area contributed by atoms with Gasteiger partial charge in [0.1, 0.15) is 0 Å². The summed E-state index contributed by atoms with van der Waals surface area (Å²) in [5, 5.41) is 3.51. The summed E-state index contributed by atoms with van der Waals surface area (Å²) >= 11 is 0. The van der Waals surface area contributed by atoms with Crippen LogP contribution in [0.15, 0.2) is 24.3 Å². The summed E-state index contributed by atoms with van der Waals surface area (Å²) < 4.78 is 0. The summed E-state index contributed by atoms with van der Waals surface area (Å²) in [5.41, 5.74) is 3.45. The van der Waals surface area contributed by atoms with Crippen LogP contribution in [0.5, 0.6) is 0 Å². The molecule has 0 bridgehead atoms. The van der Waals surface area contributed by atoms with Crippen molar-refractivity contribution in [2.75, 3.05) is 26.2 Å². The summed E-state index contributed by atoms with van der Waals surface area (Å²) in [6.45, 7) is 8.33. The molecule has 0 unspecified atom stereocenters. The third-order valence-corrected chi connectivity index (χ3v) is 4.93. The molecule has 0 atom stereocenters. The first-order valence-corrected chi connectivity index (χ1v) is 7.74. The number of nitrogens with one attached hydrogen (secondary N) is 1. The molecule has 2 aliphatic heterocycles. The van der Waals surface area contributed by atoms with Crippen molar-refractivity contribution in [3.05, 3.63) is 35.4 Å². The first-order chi connectivity index (χ1) is 9.26. The van der Waals surface area contributed by atoms with E-state index in [9.17, 15) is 0 Å². The summed E-state index contributed by atoms with van der Waals surface area (Å²) in [5.74, 6) is 0. The SMILES string of the molecule is Cc1ccc(CN2CCCC3(CCNCC3)C2)cc1. The predicted molar refractivity (Wildman–Crippen MR) is 80.2 cm³/mol. The first kappa shape index (κ1) is 13.1. The molecule has 2 fully saturated rings. The van der Waals surface area contributed by atoms with Crippen LogP contribution in [0.25, 0.3) is 0 Å². The molecule has 2 aliphatic rings. The second-order valence-corrected chi connectivity index (χ2v) is 6.55. The van der Waals surface area contributed by atoms with Crippen molar-refractivity contribution in [3.63, 3.8) is 0 Å². The maximum Gasteiger partial charge on any atom is 0.0233 e. The molecular formula is C17H26N2. The number of aryl methyl sites for hydroxylation is 1. The molecule has 19 heavy (non-hydrogen) atoms. The van der Waals surface area contributed by atoms with E-state index >= 15 is 0 Å². The number of hydrogen-bond acceptors (Lipinski definition) is 2. The molecule has 0 aromatic heterocycles. The number of likely N-dealkylation sites (tertiary alicyclic amines) is 1. The molecule has 1 aromatic carbocycles. The lowest BCUT2D eigenvalue weighted by Gasteiger charge is -2.45. The molecule has 1 spiro atoms. The second-order valence-electron chi connectivity index (χ2n) is 6.55. The van der Waals surface area contributed by atoms with Gasteiger partial charge in [0.25, 0.3) is 0 Å². The van der Waals surface area contributed by atoms with E-state index in [4.69, 9.17) is 0 Å². The Kier molecular flexibility index (Phi) is 3.90. The fourth-order valence-electron chi connectivity index (χ4n) is 3.76. The maximum absolute atomic E-state index is 3.51. The van der Waals surface area contributed by atoms with Gasteiger partial charge in [-0.1, -0.05) is 29.8 Å². The predicted octanol–water partition coefficient (Wildman–Crippen LogP) is 2.96. The highest BCUT2D eigenvalue weighted by Gasteiger charge is 2.36. The zero-order chi connectivity index (χ0) is 13.1. The van der Waals surface area contributed by atoms with E-state index < -0.39 is 0 Å². The van der Waals surface area contributed by atoms with Crippen molar-refractivity contribution in [1.29, 1.82) is 0 Å². The molecule has 104 valence electrons. The van der Waals surface area contributed by atoms with Crippen molar-refractivity contribution in [3.8, 4) is 0 Å². The number of piperidine rings is 2. The Morgan fingerprint density at radius 2 is 1.84 bits per heavy atom. The lowest BCUT2D eigenvalue weighted by Crippen LogP contribution is -2.48. The van der Waals surface area contributed by atoms with Gasteiger partial charge < -0.3 is 5.32 Å². The Morgan fingerprint density at radius 1 is 1.11 bits per heavy atom. The zero-order valence-corrected chi connectivity index (χ0v) is 12.1. The molecule has 0 saturated carbocycles. The smallest absolute Gasteiger partial charge is 0.0233 e. The molecule has 0 aliphatic carbocycles. The number of rotatable bonds is 2. The van der Waals surface area contributed by atoms with Gasteiger partial charge in [-0.15, -0.1) is 0 Å². The van der Waals surface area contributed by atoms with E-state index in [-0.39, 0.29) is 0 Å². The lowest BCUT2D eigenvalue weighted by atomic mass is 9.73. The van der Waals surface area contributed by atoms with E-state index in [1.54, 1.807) is 0 Å². The molecule has 2 heterocycles. The summed E-state index contributed by atoms with van der Waals surface area (Å²) in [6, 6.07) is 9.05.